The van der Waals surface area contributed by atoms with Crippen molar-refractivity contribution in [1.82, 2.24) is 0 Å². The van der Waals surface area contributed by atoms with Crippen molar-refractivity contribution < 1.29 is 28.6 Å². The van der Waals surface area contributed by atoms with Crippen LogP contribution in [0, 0.1) is 0 Å². The van der Waals surface area contributed by atoms with E-state index in [1.165, 1.54) is 199 Å². The number of carbonyl (C=O) groups is 3. The predicted octanol–water partition coefficient (Wildman–Crippen LogP) is 21.6. The van der Waals surface area contributed by atoms with Gasteiger partial charge in [0.1, 0.15) is 13.2 Å². The molecule has 0 aromatic heterocycles. The molecule has 424 valence electrons. The van der Waals surface area contributed by atoms with E-state index < -0.39 is 6.10 Å². The molecule has 1 unspecified atom stereocenters. The molecule has 0 spiro atoms. The molecule has 1 atom stereocenters. The second-order valence-electron chi connectivity index (χ2n) is 21.3. The van der Waals surface area contributed by atoms with Gasteiger partial charge < -0.3 is 14.2 Å². The van der Waals surface area contributed by atoms with Crippen molar-refractivity contribution in [2.45, 2.75) is 335 Å². The summed E-state index contributed by atoms with van der Waals surface area (Å²) in [5.74, 6) is -0.853. The number of rotatable bonds is 58. The van der Waals surface area contributed by atoms with Crippen LogP contribution in [-0.4, -0.2) is 37.2 Å². The summed E-state index contributed by atoms with van der Waals surface area (Å²) in [6, 6.07) is 0. The topological polar surface area (TPSA) is 78.9 Å². The third-order valence-corrected chi connectivity index (χ3v) is 14.0. The SMILES string of the molecule is CC/C=C\C/C=C\C/C=C\C/C=C\C/C=C\CCCCCCCCCCCCCC(=O)OCC(COC(=O)CCCCCCCCCCCCCC)OC(=O)CCCCCCCCCCCCCCCCCC. The van der Waals surface area contributed by atoms with Crippen LogP contribution >= 0.6 is 0 Å². The number of unbranched alkanes of at least 4 members (excludes halogenated alkanes) is 37. The Morgan fingerprint density at radius 2 is 0.534 bits per heavy atom. The summed E-state index contributed by atoms with van der Waals surface area (Å²) >= 11 is 0. The summed E-state index contributed by atoms with van der Waals surface area (Å²) < 4.78 is 16.9. The average molecular weight is 1020 g/mol. The second-order valence-corrected chi connectivity index (χ2v) is 21.3. The smallest absolute Gasteiger partial charge is 0.306 e. The van der Waals surface area contributed by atoms with Crippen LogP contribution in [0.15, 0.2) is 60.8 Å². The van der Waals surface area contributed by atoms with Crippen molar-refractivity contribution in [3.63, 3.8) is 0 Å². The van der Waals surface area contributed by atoms with Gasteiger partial charge in [0.2, 0.25) is 0 Å². The van der Waals surface area contributed by atoms with E-state index >= 15 is 0 Å². The fraction of sp³-hybridized carbons (Fsp3) is 0.806. The van der Waals surface area contributed by atoms with Gasteiger partial charge in [-0.1, -0.05) is 306 Å². The first-order valence-corrected chi connectivity index (χ1v) is 31.8. The molecule has 0 aromatic carbocycles. The van der Waals surface area contributed by atoms with Crippen molar-refractivity contribution in [2.24, 2.45) is 0 Å². The molecule has 0 fully saturated rings. The zero-order valence-electron chi connectivity index (χ0n) is 48.7. The Morgan fingerprint density at radius 1 is 0.288 bits per heavy atom. The van der Waals surface area contributed by atoms with E-state index in [-0.39, 0.29) is 31.1 Å². The third kappa shape index (κ3) is 59.9. The van der Waals surface area contributed by atoms with Gasteiger partial charge in [-0.2, -0.15) is 0 Å². The van der Waals surface area contributed by atoms with Crippen LogP contribution in [0.4, 0.5) is 0 Å². The number of hydrogen-bond acceptors (Lipinski definition) is 6. The van der Waals surface area contributed by atoms with Crippen molar-refractivity contribution in [3.8, 4) is 0 Å². The average Bonchev–Trinajstić information content (AvgIpc) is 3.39. The van der Waals surface area contributed by atoms with Gasteiger partial charge in [0.25, 0.3) is 0 Å². The molecule has 0 saturated heterocycles. The van der Waals surface area contributed by atoms with Gasteiger partial charge in [-0.3, -0.25) is 14.4 Å². The quantitative estimate of drug-likeness (QED) is 0.0261. The number of allylic oxidation sites excluding steroid dienone is 10. The van der Waals surface area contributed by atoms with Gasteiger partial charge in [0, 0.05) is 19.3 Å². The first kappa shape index (κ1) is 70.1. The summed E-state index contributed by atoms with van der Waals surface area (Å²) in [7, 11) is 0. The van der Waals surface area contributed by atoms with E-state index in [4.69, 9.17) is 14.2 Å². The van der Waals surface area contributed by atoms with Crippen LogP contribution in [0.2, 0.25) is 0 Å². The molecule has 0 aromatic rings. The maximum absolute atomic E-state index is 12.9. The van der Waals surface area contributed by atoms with Gasteiger partial charge >= 0.3 is 17.9 Å². The normalized spacial score (nSPS) is 12.4. The highest BCUT2D eigenvalue weighted by Crippen LogP contribution is 2.17. The lowest BCUT2D eigenvalue weighted by molar-refractivity contribution is -0.167. The van der Waals surface area contributed by atoms with Gasteiger partial charge in [-0.15, -0.1) is 0 Å². The van der Waals surface area contributed by atoms with E-state index in [1.807, 2.05) is 0 Å². The van der Waals surface area contributed by atoms with Crippen LogP contribution in [0.5, 0.6) is 0 Å². The van der Waals surface area contributed by atoms with Gasteiger partial charge in [0.05, 0.1) is 0 Å². The largest absolute Gasteiger partial charge is 0.462 e. The summed E-state index contributed by atoms with van der Waals surface area (Å²) in [6.45, 7) is 6.57. The Bertz CT molecular complexity index is 1310. The fourth-order valence-electron chi connectivity index (χ4n) is 9.30. The molecule has 0 bridgehead atoms. The van der Waals surface area contributed by atoms with Gasteiger partial charge in [-0.05, 0) is 64.2 Å². The summed E-state index contributed by atoms with van der Waals surface area (Å²) in [5, 5.41) is 0. The van der Waals surface area contributed by atoms with Crippen molar-refractivity contribution in [1.29, 1.82) is 0 Å². The molecular formula is C67H120O6. The van der Waals surface area contributed by atoms with Crippen LogP contribution < -0.4 is 0 Å². The van der Waals surface area contributed by atoms with E-state index in [0.717, 1.165) is 89.9 Å². The molecular weight excluding hydrogens is 901 g/mol. The van der Waals surface area contributed by atoms with Crippen molar-refractivity contribution >= 4 is 17.9 Å². The first-order chi connectivity index (χ1) is 36.0. The predicted molar refractivity (Wildman–Crippen MR) is 316 cm³/mol. The molecule has 0 saturated carbocycles. The lowest BCUT2D eigenvalue weighted by Crippen LogP contribution is -2.30. The Kier molecular flexibility index (Phi) is 59.2. The zero-order chi connectivity index (χ0) is 52.9. The molecule has 0 amide bonds. The molecule has 0 N–H and O–H groups in total. The molecule has 0 radical (unpaired) electrons. The first-order valence-electron chi connectivity index (χ1n) is 31.8. The molecule has 0 heterocycles. The van der Waals surface area contributed by atoms with Crippen LogP contribution in [-0.2, 0) is 28.6 Å². The minimum atomic E-state index is -0.771. The number of esters is 3. The summed E-state index contributed by atoms with van der Waals surface area (Å²) in [6.07, 6.45) is 78.0. The molecule has 0 aliphatic rings. The minimum Gasteiger partial charge on any atom is -0.462 e. The Hall–Kier alpha value is -2.89. The minimum absolute atomic E-state index is 0.0693. The summed E-state index contributed by atoms with van der Waals surface area (Å²) in [4.78, 5) is 38.2. The van der Waals surface area contributed by atoms with E-state index in [9.17, 15) is 14.4 Å². The monoisotopic (exact) mass is 1020 g/mol. The highest BCUT2D eigenvalue weighted by molar-refractivity contribution is 5.71. The van der Waals surface area contributed by atoms with Crippen molar-refractivity contribution in [2.75, 3.05) is 13.2 Å². The molecule has 0 rings (SSSR count). The van der Waals surface area contributed by atoms with Gasteiger partial charge in [0.15, 0.2) is 6.10 Å². The molecule has 6 nitrogen and oxygen atoms in total. The summed E-state index contributed by atoms with van der Waals surface area (Å²) in [5.41, 5.74) is 0. The molecule has 73 heavy (non-hydrogen) atoms. The maximum Gasteiger partial charge on any atom is 0.306 e. The van der Waals surface area contributed by atoms with Crippen LogP contribution in [0.1, 0.15) is 329 Å². The number of ether oxygens (including phenoxy) is 3. The Morgan fingerprint density at radius 3 is 0.836 bits per heavy atom. The number of hydrogen-bond donors (Lipinski definition) is 0. The molecule has 0 aliphatic carbocycles. The lowest BCUT2D eigenvalue weighted by Gasteiger charge is -2.18. The maximum atomic E-state index is 12.9. The van der Waals surface area contributed by atoms with E-state index in [2.05, 4.69) is 81.5 Å². The standard InChI is InChI=1S/C67H120O6/c1-4-7-10-13-16-19-22-25-27-29-30-31-32-33-34-35-36-37-38-39-41-42-45-48-51-54-57-60-66(69)72-63-64(62-71-65(68)59-56-53-50-47-44-24-21-18-15-12-9-6-3)73-67(70)61-58-55-52-49-46-43-40-28-26-23-20-17-14-11-8-5-2/h7,10,16,19,25,27,30-31,33-34,64H,4-6,8-9,11-15,17-18,20-24,26,28-29,32,35-63H2,1-3H3/b10-7-,19-16-,27-25-,31-30-,34-33-. The fourth-order valence-corrected chi connectivity index (χ4v) is 9.30. The zero-order valence-corrected chi connectivity index (χ0v) is 48.7. The Labute approximate surface area is 453 Å². The highest BCUT2D eigenvalue weighted by Gasteiger charge is 2.19. The number of carbonyl (C=O) groups excluding carboxylic acids is 3. The van der Waals surface area contributed by atoms with E-state index in [0.29, 0.717) is 19.3 Å². The third-order valence-electron chi connectivity index (χ3n) is 14.0. The molecule has 6 heteroatoms. The Balaban J connectivity index is 4.23. The van der Waals surface area contributed by atoms with Crippen LogP contribution in [0.25, 0.3) is 0 Å². The molecule has 0 aliphatic heterocycles. The lowest BCUT2D eigenvalue weighted by atomic mass is 10.0. The van der Waals surface area contributed by atoms with E-state index in [1.54, 1.807) is 0 Å². The van der Waals surface area contributed by atoms with Crippen LogP contribution in [0.3, 0.4) is 0 Å². The second kappa shape index (κ2) is 61.7. The highest BCUT2D eigenvalue weighted by atomic mass is 16.6. The van der Waals surface area contributed by atoms with Gasteiger partial charge in [-0.25, -0.2) is 0 Å². The van der Waals surface area contributed by atoms with Crippen molar-refractivity contribution in [3.05, 3.63) is 60.8 Å².